The van der Waals surface area contributed by atoms with Gasteiger partial charge in [0.25, 0.3) is 0 Å². The molecule has 102 valence electrons. The topological polar surface area (TPSA) is 26.0 Å². The predicted molar refractivity (Wildman–Crippen MR) is 74.2 cm³/mol. The van der Waals surface area contributed by atoms with E-state index in [-0.39, 0.29) is 11.4 Å². The zero-order valence-electron chi connectivity index (χ0n) is 10.2. The quantitative estimate of drug-likeness (QED) is 0.746. The van der Waals surface area contributed by atoms with Crippen LogP contribution in [0.5, 0.6) is 0 Å². The van der Waals surface area contributed by atoms with E-state index in [9.17, 15) is 13.2 Å². The van der Waals surface area contributed by atoms with Gasteiger partial charge < -0.3 is 5.73 Å². The predicted octanol–water partition coefficient (Wildman–Crippen LogP) is 4.37. The van der Waals surface area contributed by atoms with Crippen molar-refractivity contribution in [2.24, 2.45) is 5.73 Å². The third kappa shape index (κ3) is 2.30. The summed E-state index contributed by atoms with van der Waals surface area (Å²) in [4.78, 5) is 0.705. The molecule has 0 amide bonds. The van der Waals surface area contributed by atoms with Crippen molar-refractivity contribution in [3.05, 3.63) is 70.4 Å². The van der Waals surface area contributed by atoms with Crippen LogP contribution in [0, 0.1) is 17.5 Å². The Morgan fingerprint density at radius 3 is 2.35 bits per heavy atom. The highest BCUT2D eigenvalue weighted by Gasteiger charge is 2.16. The molecule has 0 aliphatic carbocycles. The average molecular weight is 293 g/mol. The first-order chi connectivity index (χ1) is 9.54. The van der Waals surface area contributed by atoms with Gasteiger partial charge in [-0.3, -0.25) is 0 Å². The van der Waals surface area contributed by atoms with Gasteiger partial charge in [-0.1, -0.05) is 6.07 Å². The van der Waals surface area contributed by atoms with Gasteiger partial charge in [0.2, 0.25) is 0 Å². The van der Waals surface area contributed by atoms with Crippen molar-refractivity contribution in [1.82, 2.24) is 0 Å². The Labute approximate surface area is 117 Å². The van der Waals surface area contributed by atoms with E-state index in [1.807, 2.05) is 0 Å². The highest BCUT2D eigenvalue weighted by atomic mass is 32.1. The maximum Gasteiger partial charge on any atom is 0.131 e. The highest BCUT2D eigenvalue weighted by molar-refractivity contribution is 7.19. The maximum atomic E-state index is 13.7. The van der Waals surface area contributed by atoms with Crippen LogP contribution in [-0.4, -0.2) is 0 Å². The molecule has 0 spiro atoms. The fourth-order valence-electron chi connectivity index (χ4n) is 2.10. The number of rotatable bonds is 2. The Balaban J connectivity index is 2.05. The zero-order chi connectivity index (χ0) is 14.3. The Morgan fingerprint density at radius 1 is 0.900 bits per heavy atom. The van der Waals surface area contributed by atoms with Crippen LogP contribution in [0.3, 0.4) is 0 Å². The summed E-state index contributed by atoms with van der Waals surface area (Å²) in [6.07, 6.45) is 0. The summed E-state index contributed by atoms with van der Waals surface area (Å²) in [7, 11) is 0. The van der Waals surface area contributed by atoms with E-state index in [0.717, 1.165) is 16.2 Å². The molecule has 1 nitrogen and oxygen atoms in total. The number of fused-ring (bicyclic) bond motifs is 1. The lowest BCUT2D eigenvalue weighted by molar-refractivity contribution is 0.566. The van der Waals surface area contributed by atoms with Crippen molar-refractivity contribution in [2.75, 3.05) is 0 Å². The molecule has 0 saturated carbocycles. The van der Waals surface area contributed by atoms with Gasteiger partial charge in [0.15, 0.2) is 0 Å². The number of halogens is 3. The summed E-state index contributed by atoms with van der Waals surface area (Å²) in [5, 5.41) is 0.725. The molecule has 0 aliphatic heterocycles. The number of hydrogen-bond acceptors (Lipinski definition) is 2. The molecule has 0 aliphatic rings. The van der Waals surface area contributed by atoms with E-state index in [1.54, 1.807) is 12.1 Å². The van der Waals surface area contributed by atoms with Crippen LogP contribution in [0.25, 0.3) is 10.1 Å². The molecule has 0 fully saturated rings. The van der Waals surface area contributed by atoms with E-state index in [2.05, 4.69) is 0 Å². The van der Waals surface area contributed by atoms with Crippen molar-refractivity contribution < 1.29 is 13.2 Å². The summed E-state index contributed by atoms with van der Waals surface area (Å²) in [6, 6.07) is 8.78. The molecule has 0 bridgehead atoms. The minimum absolute atomic E-state index is 0.221. The van der Waals surface area contributed by atoms with Crippen LogP contribution in [0.1, 0.15) is 16.5 Å². The summed E-state index contributed by atoms with van der Waals surface area (Å²) < 4.78 is 40.7. The number of nitrogens with two attached hydrogens (primary N) is 1. The first kappa shape index (κ1) is 13.1. The average Bonchev–Trinajstić information content (AvgIpc) is 2.81. The molecule has 1 aromatic heterocycles. The summed E-state index contributed by atoms with van der Waals surface area (Å²) in [5.74, 6) is -1.65. The van der Waals surface area contributed by atoms with Gasteiger partial charge in [0, 0.05) is 21.2 Å². The van der Waals surface area contributed by atoms with Gasteiger partial charge in [-0.2, -0.15) is 0 Å². The van der Waals surface area contributed by atoms with Gasteiger partial charge in [0.1, 0.15) is 17.5 Å². The monoisotopic (exact) mass is 293 g/mol. The number of benzene rings is 2. The molecule has 1 atom stereocenters. The smallest absolute Gasteiger partial charge is 0.131 e. The Morgan fingerprint density at radius 2 is 1.60 bits per heavy atom. The molecule has 20 heavy (non-hydrogen) atoms. The first-order valence-electron chi connectivity index (χ1n) is 5.94. The lowest BCUT2D eigenvalue weighted by atomic mass is 10.1. The van der Waals surface area contributed by atoms with E-state index in [4.69, 9.17) is 5.73 Å². The van der Waals surface area contributed by atoms with Crippen molar-refractivity contribution in [2.45, 2.75) is 6.04 Å². The molecule has 0 saturated heterocycles. The van der Waals surface area contributed by atoms with Crippen molar-refractivity contribution in [3.8, 4) is 0 Å². The Hall–Kier alpha value is -1.85. The summed E-state index contributed by atoms with van der Waals surface area (Å²) in [5.41, 5.74) is 6.24. The second kappa shape index (κ2) is 4.92. The fourth-order valence-corrected chi connectivity index (χ4v) is 3.16. The molecule has 1 heterocycles. The second-order valence-corrected chi connectivity index (χ2v) is 5.59. The van der Waals surface area contributed by atoms with Crippen molar-refractivity contribution >= 4 is 21.4 Å². The van der Waals surface area contributed by atoms with E-state index < -0.39 is 17.7 Å². The van der Waals surface area contributed by atoms with Gasteiger partial charge in [-0.15, -0.1) is 11.3 Å². The van der Waals surface area contributed by atoms with Crippen LogP contribution in [0.4, 0.5) is 13.2 Å². The summed E-state index contributed by atoms with van der Waals surface area (Å²) in [6.45, 7) is 0. The lowest BCUT2D eigenvalue weighted by Gasteiger charge is -2.10. The second-order valence-electron chi connectivity index (χ2n) is 4.47. The molecule has 1 unspecified atom stereocenters. The molecule has 3 aromatic rings. The van der Waals surface area contributed by atoms with E-state index in [1.165, 1.54) is 35.6 Å². The van der Waals surface area contributed by atoms with Crippen LogP contribution < -0.4 is 5.73 Å². The summed E-state index contributed by atoms with van der Waals surface area (Å²) >= 11 is 1.37. The van der Waals surface area contributed by atoms with Crippen LogP contribution in [0.15, 0.2) is 42.5 Å². The molecular weight excluding hydrogens is 283 g/mol. The Bertz CT molecular complexity index is 782. The van der Waals surface area contributed by atoms with Gasteiger partial charge in [-0.05, 0) is 35.7 Å². The zero-order valence-corrected chi connectivity index (χ0v) is 11.1. The molecule has 2 aromatic carbocycles. The van der Waals surface area contributed by atoms with Gasteiger partial charge >= 0.3 is 0 Å². The highest BCUT2D eigenvalue weighted by Crippen LogP contribution is 2.33. The lowest BCUT2D eigenvalue weighted by Crippen LogP contribution is -2.12. The molecule has 2 N–H and O–H groups in total. The third-order valence-corrected chi connectivity index (χ3v) is 4.30. The Kier molecular flexibility index (Phi) is 3.23. The molecule has 5 heteroatoms. The minimum Gasteiger partial charge on any atom is -0.320 e. The third-order valence-electron chi connectivity index (χ3n) is 3.10. The number of hydrogen-bond donors (Lipinski definition) is 1. The minimum atomic E-state index is -0.698. The van der Waals surface area contributed by atoms with Crippen LogP contribution >= 0.6 is 11.3 Å². The van der Waals surface area contributed by atoms with E-state index in [0.29, 0.717) is 4.88 Å². The van der Waals surface area contributed by atoms with Crippen molar-refractivity contribution in [1.29, 1.82) is 0 Å². The van der Waals surface area contributed by atoms with Gasteiger partial charge in [-0.25, -0.2) is 13.2 Å². The molecule has 3 rings (SSSR count). The SMILES string of the molecule is NC(c1cc2cc(F)ccc2s1)c1ccc(F)cc1F. The maximum absolute atomic E-state index is 13.7. The van der Waals surface area contributed by atoms with Gasteiger partial charge in [0.05, 0.1) is 6.04 Å². The number of thiophene rings is 1. The van der Waals surface area contributed by atoms with Crippen LogP contribution in [0.2, 0.25) is 0 Å². The van der Waals surface area contributed by atoms with Crippen molar-refractivity contribution in [3.63, 3.8) is 0 Å². The molecule has 0 radical (unpaired) electrons. The normalized spacial score (nSPS) is 12.8. The largest absolute Gasteiger partial charge is 0.320 e. The van der Waals surface area contributed by atoms with Crippen LogP contribution in [-0.2, 0) is 0 Å². The van der Waals surface area contributed by atoms with E-state index >= 15 is 0 Å². The first-order valence-corrected chi connectivity index (χ1v) is 6.76. The fraction of sp³-hybridized carbons (Fsp3) is 0.0667. The molecular formula is C15H10F3NS. The standard InChI is InChI=1S/C15H10F3NS/c16-9-2-4-13-8(5-9)6-14(20-13)15(19)11-3-1-10(17)7-12(11)18/h1-7,15H,19H2.